The molecule has 0 amide bonds. The molecule has 0 saturated carbocycles. The second kappa shape index (κ2) is 7.09. The van der Waals surface area contributed by atoms with Gasteiger partial charge in [-0.2, -0.15) is 0 Å². The molecule has 0 aliphatic rings. The van der Waals surface area contributed by atoms with E-state index in [0.717, 1.165) is 35.1 Å². The highest BCUT2D eigenvalue weighted by atomic mass is 32.1. The molecule has 1 aromatic heterocycles. The quantitative estimate of drug-likeness (QED) is 0.729. The van der Waals surface area contributed by atoms with Crippen molar-refractivity contribution >= 4 is 16.5 Å². The predicted molar refractivity (Wildman–Crippen MR) is 92.7 cm³/mol. The van der Waals surface area contributed by atoms with Gasteiger partial charge in [-0.25, -0.2) is 4.98 Å². The van der Waals surface area contributed by atoms with Crippen molar-refractivity contribution in [3.05, 3.63) is 65.5 Å². The number of methoxy groups -OCH3 is 1. The molecule has 0 bridgehead atoms. The van der Waals surface area contributed by atoms with Gasteiger partial charge in [-0.15, -0.1) is 11.3 Å². The number of thiazole rings is 1. The first-order valence-electron chi connectivity index (χ1n) is 7.23. The van der Waals surface area contributed by atoms with Crippen molar-refractivity contribution in [2.75, 3.05) is 19.0 Å². The number of hydrogen-bond donors (Lipinski definition) is 1. The zero-order valence-electron chi connectivity index (χ0n) is 12.5. The van der Waals surface area contributed by atoms with Crippen LogP contribution < -0.4 is 10.1 Å². The molecular weight excluding hydrogens is 292 g/mol. The van der Waals surface area contributed by atoms with Crippen molar-refractivity contribution in [3.63, 3.8) is 0 Å². The SMILES string of the molecule is COc1cccc(-c2csc(NCCc3ccccc3)n2)c1. The first-order chi connectivity index (χ1) is 10.8. The molecule has 0 saturated heterocycles. The highest BCUT2D eigenvalue weighted by Crippen LogP contribution is 2.27. The lowest BCUT2D eigenvalue weighted by Gasteiger charge is -2.03. The molecule has 0 fully saturated rings. The van der Waals surface area contributed by atoms with Gasteiger partial charge in [0.05, 0.1) is 12.8 Å². The summed E-state index contributed by atoms with van der Waals surface area (Å²) >= 11 is 1.63. The molecule has 0 unspecified atom stereocenters. The lowest BCUT2D eigenvalue weighted by molar-refractivity contribution is 0.415. The smallest absolute Gasteiger partial charge is 0.183 e. The van der Waals surface area contributed by atoms with Gasteiger partial charge in [0, 0.05) is 17.5 Å². The highest BCUT2D eigenvalue weighted by Gasteiger charge is 2.05. The van der Waals surface area contributed by atoms with Crippen molar-refractivity contribution in [3.8, 4) is 17.0 Å². The van der Waals surface area contributed by atoms with Gasteiger partial charge in [0.25, 0.3) is 0 Å². The molecule has 0 aliphatic heterocycles. The first kappa shape index (κ1) is 14.6. The molecule has 0 atom stereocenters. The van der Waals surface area contributed by atoms with Gasteiger partial charge < -0.3 is 10.1 Å². The summed E-state index contributed by atoms with van der Waals surface area (Å²) in [6.07, 6.45) is 0.995. The highest BCUT2D eigenvalue weighted by molar-refractivity contribution is 7.14. The summed E-state index contributed by atoms with van der Waals surface area (Å²) in [5.74, 6) is 0.851. The van der Waals surface area contributed by atoms with Crippen LogP contribution in [-0.2, 0) is 6.42 Å². The Kier molecular flexibility index (Phi) is 4.71. The Bertz CT molecular complexity index is 725. The molecule has 0 radical (unpaired) electrons. The fourth-order valence-electron chi connectivity index (χ4n) is 2.23. The number of ether oxygens (including phenoxy) is 1. The molecule has 2 aromatic carbocycles. The minimum absolute atomic E-state index is 0.851. The number of nitrogens with zero attached hydrogens (tertiary/aromatic N) is 1. The maximum absolute atomic E-state index is 5.26. The van der Waals surface area contributed by atoms with E-state index in [2.05, 4.69) is 39.9 Å². The van der Waals surface area contributed by atoms with Gasteiger partial charge in [-0.1, -0.05) is 42.5 Å². The van der Waals surface area contributed by atoms with Crippen LogP contribution in [0.5, 0.6) is 5.75 Å². The minimum atomic E-state index is 0.851. The number of nitrogens with one attached hydrogen (secondary N) is 1. The Morgan fingerprint density at radius 1 is 1.09 bits per heavy atom. The second-order valence-corrected chi connectivity index (χ2v) is 5.79. The van der Waals surface area contributed by atoms with E-state index in [1.165, 1.54) is 5.56 Å². The summed E-state index contributed by atoms with van der Waals surface area (Å²) in [5, 5.41) is 6.41. The van der Waals surface area contributed by atoms with E-state index in [1.54, 1.807) is 18.4 Å². The van der Waals surface area contributed by atoms with Crippen LogP contribution in [0.1, 0.15) is 5.56 Å². The number of aromatic nitrogens is 1. The number of anilines is 1. The summed E-state index contributed by atoms with van der Waals surface area (Å²) in [6, 6.07) is 18.4. The maximum Gasteiger partial charge on any atom is 0.183 e. The van der Waals surface area contributed by atoms with Crippen molar-refractivity contribution in [1.82, 2.24) is 4.98 Å². The molecule has 22 heavy (non-hydrogen) atoms. The monoisotopic (exact) mass is 310 g/mol. The van der Waals surface area contributed by atoms with Crippen LogP contribution >= 0.6 is 11.3 Å². The van der Waals surface area contributed by atoms with E-state index in [9.17, 15) is 0 Å². The molecule has 112 valence electrons. The second-order valence-electron chi connectivity index (χ2n) is 4.93. The van der Waals surface area contributed by atoms with Gasteiger partial charge in [0.15, 0.2) is 5.13 Å². The van der Waals surface area contributed by atoms with E-state index in [4.69, 9.17) is 4.74 Å². The van der Waals surface area contributed by atoms with Crippen molar-refractivity contribution in [1.29, 1.82) is 0 Å². The summed E-state index contributed by atoms with van der Waals surface area (Å²) < 4.78 is 5.26. The normalized spacial score (nSPS) is 10.4. The average Bonchev–Trinajstić information content (AvgIpc) is 3.05. The van der Waals surface area contributed by atoms with E-state index in [-0.39, 0.29) is 0 Å². The van der Waals surface area contributed by atoms with Gasteiger partial charge >= 0.3 is 0 Å². The zero-order chi connectivity index (χ0) is 15.2. The Balaban J connectivity index is 1.61. The summed E-state index contributed by atoms with van der Waals surface area (Å²) in [5.41, 5.74) is 3.39. The van der Waals surface area contributed by atoms with Crippen LogP contribution in [0, 0.1) is 0 Å². The lowest BCUT2D eigenvalue weighted by atomic mass is 10.1. The molecule has 0 spiro atoms. The third-order valence-electron chi connectivity index (χ3n) is 3.40. The van der Waals surface area contributed by atoms with Crippen molar-refractivity contribution < 1.29 is 4.74 Å². The lowest BCUT2D eigenvalue weighted by Crippen LogP contribution is -2.04. The minimum Gasteiger partial charge on any atom is -0.497 e. The fraction of sp³-hybridized carbons (Fsp3) is 0.167. The van der Waals surface area contributed by atoms with Crippen LogP contribution in [0.3, 0.4) is 0 Å². The third kappa shape index (κ3) is 3.65. The summed E-state index contributed by atoms with van der Waals surface area (Å²) in [6.45, 7) is 0.884. The Morgan fingerprint density at radius 3 is 2.77 bits per heavy atom. The molecular formula is C18H18N2OS. The largest absolute Gasteiger partial charge is 0.497 e. The fourth-order valence-corrected chi connectivity index (χ4v) is 2.98. The molecule has 0 aliphatic carbocycles. The standard InChI is InChI=1S/C18H18N2OS/c1-21-16-9-5-8-15(12-16)17-13-22-18(20-17)19-11-10-14-6-3-2-4-7-14/h2-9,12-13H,10-11H2,1H3,(H,19,20). The van der Waals surface area contributed by atoms with Crippen LogP contribution in [0.4, 0.5) is 5.13 Å². The van der Waals surface area contributed by atoms with Gasteiger partial charge in [0.2, 0.25) is 0 Å². The first-order valence-corrected chi connectivity index (χ1v) is 8.11. The van der Waals surface area contributed by atoms with E-state index in [1.807, 2.05) is 30.3 Å². The van der Waals surface area contributed by atoms with E-state index < -0.39 is 0 Å². The number of hydrogen-bond acceptors (Lipinski definition) is 4. The zero-order valence-corrected chi connectivity index (χ0v) is 13.3. The maximum atomic E-state index is 5.26. The Labute approximate surface area is 134 Å². The van der Waals surface area contributed by atoms with Gasteiger partial charge in [-0.05, 0) is 24.1 Å². The van der Waals surface area contributed by atoms with Gasteiger partial charge in [0.1, 0.15) is 5.75 Å². The topological polar surface area (TPSA) is 34.1 Å². The van der Waals surface area contributed by atoms with Crippen molar-refractivity contribution in [2.24, 2.45) is 0 Å². The van der Waals surface area contributed by atoms with Crippen LogP contribution in [-0.4, -0.2) is 18.6 Å². The number of benzene rings is 2. The molecule has 3 rings (SSSR count). The van der Waals surface area contributed by atoms with Gasteiger partial charge in [-0.3, -0.25) is 0 Å². The molecule has 4 heteroatoms. The molecule has 1 heterocycles. The molecule has 3 nitrogen and oxygen atoms in total. The van der Waals surface area contributed by atoms with E-state index >= 15 is 0 Å². The van der Waals surface area contributed by atoms with Crippen LogP contribution in [0.2, 0.25) is 0 Å². The van der Waals surface area contributed by atoms with Crippen LogP contribution in [0.25, 0.3) is 11.3 Å². The predicted octanol–water partition coefficient (Wildman–Crippen LogP) is 4.47. The Morgan fingerprint density at radius 2 is 1.95 bits per heavy atom. The van der Waals surface area contributed by atoms with Crippen LogP contribution in [0.15, 0.2) is 60.0 Å². The third-order valence-corrected chi connectivity index (χ3v) is 4.20. The van der Waals surface area contributed by atoms with Crippen molar-refractivity contribution in [2.45, 2.75) is 6.42 Å². The summed E-state index contributed by atoms with van der Waals surface area (Å²) in [4.78, 5) is 4.64. The Hall–Kier alpha value is -2.33. The average molecular weight is 310 g/mol. The number of rotatable bonds is 6. The van der Waals surface area contributed by atoms with E-state index in [0.29, 0.717) is 0 Å². The molecule has 3 aromatic rings. The molecule has 1 N–H and O–H groups in total. The summed E-state index contributed by atoms with van der Waals surface area (Å²) in [7, 11) is 1.68.